The van der Waals surface area contributed by atoms with E-state index in [0.717, 1.165) is 17.0 Å². The third-order valence-corrected chi connectivity index (χ3v) is 4.79. The number of hydrogen-bond donors (Lipinski definition) is 1. The Morgan fingerprint density at radius 1 is 1.15 bits per heavy atom. The van der Waals surface area contributed by atoms with Crippen LogP contribution >= 0.6 is 11.3 Å². The Labute approximate surface area is 158 Å². The van der Waals surface area contributed by atoms with Crippen molar-refractivity contribution < 1.29 is 13.9 Å². The second-order valence-corrected chi connectivity index (χ2v) is 6.55. The Hall–Kier alpha value is -3.45. The molecule has 0 bridgehead atoms. The van der Waals surface area contributed by atoms with Gasteiger partial charge in [0.05, 0.1) is 18.2 Å². The first-order chi connectivity index (χ1) is 13.2. The number of ether oxygens (including phenoxy) is 1. The second kappa shape index (κ2) is 7.05. The van der Waals surface area contributed by atoms with E-state index in [1.807, 2.05) is 29.6 Å². The Balaban J connectivity index is 1.58. The minimum atomic E-state index is -0.551. The first-order valence-electron chi connectivity index (χ1n) is 8.07. The summed E-state index contributed by atoms with van der Waals surface area (Å²) in [6.45, 7) is 0. The zero-order chi connectivity index (χ0) is 18.8. The molecule has 2 heterocycles. The lowest BCUT2D eigenvalue weighted by Crippen LogP contribution is -2.21. The van der Waals surface area contributed by atoms with Crippen LogP contribution in [0.25, 0.3) is 22.2 Å². The minimum absolute atomic E-state index is 0.0603. The minimum Gasteiger partial charge on any atom is -0.497 e. The smallest absolute Gasteiger partial charge is 0.264 e. The summed E-state index contributed by atoms with van der Waals surface area (Å²) in [6.07, 6.45) is 1.18. The highest BCUT2D eigenvalue weighted by molar-refractivity contribution is 7.14. The Kier molecular flexibility index (Phi) is 4.43. The van der Waals surface area contributed by atoms with Crippen molar-refractivity contribution in [2.45, 2.75) is 0 Å². The molecule has 0 aliphatic heterocycles. The maximum Gasteiger partial charge on any atom is 0.264 e. The first kappa shape index (κ1) is 17.0. The van der Waals surface area contributed by atoms with Crippen molar-refractivity contribution in [2.75, 3.05) is 12.4 Å². The van der Waals surface area contributed by atoms with Gasteiger partial charge in [-0.15, -0.1) is 11.3 Å². The van der Waals surface area contributed by atoms with Crippen LogP contribution in [0.4, 0.5) is 5.13 Å². The van der Waals surface area contributed by atoms with Gasteiger partial charge < -0.3 is 9.15 Å². The topological polar surface area (TPSA) is 81.4 Å². The molecule has 2 aromatic heterocycles. The van der Waals surface area contributed by atoms with Gasteiger partial charge in [-0.05, 0) is 36.4 Å². The first-order valence-corrected chi connectivity index (χ1v) is 8.95. The van der Waals surface area contributed by atoms with E-state index < -0.39 is 5.91 Å². The van der Waals surface area contributed by atoms with E-state index in [1.165, 1.54) is 17.6 Å². The average molecular weight is 378 g/mol. The number of amides is 1. The van der Waals surface area contributed by atoms with Crippen molar-refractivity contribution in [3.63, 3.8) is 0 Å². The lowest BCUT2D eigenvalue weighted by molar-refractivity contribution is 0.102. The van der Waals surface area contributed by atoms with Crippen molar-refractivity contribution in [1.29, 1.82) is 0 Å². The molecule has 2 aromatic carbocycles. The lowest BCUT2D eigenvalue weighted by atomic mass is 10.1. The van der Waals surface area contributed by atoms with Crippen LogP contribution in [0, 0.1) is 0 Å². The fourth-order valence-electron chi connectivity index (χ4n) is 2.62. The summed E-state index contributed by atoms with van der Waals surface area (Å²) in [5.74, 6) is 0.204. The summed E-state index contributed by atoms with van der Waals surface area (Å²) in [4.78, 5) is 29.4. The van der Waals surface area contributed by atoms with Gasteiger partial charge in [-0.1, -0.05) is 12.1 Å². The van der Waals surface area contributed by atoms with Gasteiger partial charge in [-0.3, -0.25) is 14.9 Å². The van der Waals surface area contributed by atoms with E-state index in [9.17, 15) is 9.59 Å². The number of methoxy groups -OCH3 is 1. The molecule has 4 rings (SSSR count). The molecule has 134 valence electrons. The fourth-order valence-corrected chi connectivity index (χ4v) is 3.34. The number of hydrogen-bond acceptors (Lipinski definition) is 6. The Morgan fingerprint density at radius 2 is 1.93 bits per heavy atom. The van der Waals surface area contributed by atoms with Gasteiger partial charge in [0, 0.05) is 10.9 Å². The molecule has 0 aliphatic rings. The van der Waals surface area contributed by atoms with Gasteiger partial charge >= 0.3 is 0 Å². The van der Waals surface area contributed by atoms with Crippen LogP contribution in [0.5, 0.6) is 5.75 Å². The molecule has 0 saturated carbocycles. The molecule has 0 unspecified atom stereocenters. The molecule has 0 radical (unpaired) electrons. The van der Waals surface area contributed by atoms with Gasteiger partial charge in [0.15, 0.2) is 5.13 Å². The highest BCUT2D eigenvalue weighted by Crippen LogP contribution is 2.26. The van der Waals surface area contributed by atoms with Crippen molar-refractivity contribution in [3.8, 4) is 17.0 Å². The maximum atomic E-state index is 12.5. The van der Waals surface area contributed by atoms with Crippen molar-refractivity contribution in [2.24, 2.45) is 0 Å². The van der Waals surface area contributed by atoms with Crippen LogP contribution in [-0.2, 0) is 0 Å². The van der Waals surface area contributed by atoms with Crippen LogP contribution < -0.4 is 15.5 Å². The molecule has 0 spiro atoms. The average Bonchev–Trinajstić information content (AvgIpc) is 3.17. The molecular formula is C20H14N2O4S. The molecule has 27 heavy (non-hydrogen) atoms. The van der Waals surface area contributed by atoms with E-state index in [-0.39, 0.29) is 11.0 Å². The summed E-state index contributed by atoms with van der Waals surface area (Å²) < 4.78 is 10.5. The van der Waals surface area contributed by atoms with Gasteiger partial charge in [0.2, 0.25) is 5.43 Å². The maximum absolute atomic E-state index is 12.5. The molecule has 0 saturated heterocycles. The van der Waals surface area contributed by atoms with Crippen LogP contribution in [0.2, 0.25) is 0 Å². The van der Waals surface area contributed by atoms with Crippen LogP contribution in [0.15, 0.2) is 69.4 Å². The number of aromatic nitrogens is 1. The summed E-state index contributed by atoms with van der Waals surface area (Å²) in [6, 6.07) is 14.3. The van der Waals surface area contributed by atoms with Crippen molar-refractivity contribution in [1.82, 2.24) is 4.98 Å². The number of nitrogens with one attached hydrogen (secondary N) is 1. The zero-order valence-corrected chi connectivity index (χ0v) is 15.1. The van der Waals surface area contributed by atoms with E-state index in [2.05, 4.69) is 10.3 Å². The SMILES string of the molecule is COc1ccc(-c2csc(NC(=O)c3coc4ccccc4c3=O)n2)cc1. The second-order valence-electron chi connectivity index (χ2n) is 5.70. The molecule has 1 N–H and O–H groups in total. The highest BCUT2D eigenvalue weighted by Gasteiger charge is 2.16. The molecule has 0 aliphatic carbocycles. The molecule has 0 fully saturated rings. The van der Waals surface area contributed by atoms with E-state index in [4.69, 9.17) is 9.15 Å². The number of carbonyl (C=O) groups is 1. The van der Waals surface area contributed by atoms with Crippen molar-refractivity contribution >= 4 is 33.3 Å². The largest absolute Gasteiger partial charge is 0.497 e. The monoisotopic (exact) mass is 378 g/mol. The van der Waals surface area contributed by atoms with E-state index >= 15 is 0 Å². The van der Waals surface area contributed by atoms with Crippen LogP contribution in [-0.4, -0.2) is 18.0 Å². The molecule has 0 atom stereocenters. The normalized spacial score (nSPS) is 10.7. The molecule has 4 aromatic rings. The van der Waals surface area contributed by atoms with Gasteiger partial charge in [-0.25, -0.2) is 4.98 Å². The zero-order valence-electron chi connectivity index (χ0n) is 14.3. The number of thiazole rings is 1. The number of benzene rings is 2. The standard InChI is InChI=1S/C20H14N2O4S/c1-25-13-8-6-12(7-9-13)16-11-27-20(21-16)22-19(24)15-10-26-17-5-3-2-4-14(17)18(15)23/h2-11H,1H3,(H,21,22,24). The predicted molar refractivity (Wildman–Crippen MR) is 105 cm³/mol. The fraction of sp³-hybridized carbons (Fsp3) is 0.0500. The number of carbonyl (C=O) groups excluding carboxylic acids is 1. The van der Waals surface area contributed by atoms with Crippen LogP contribution in [0.3, 0.4) is 0 Å². The predicted octanol–water partition coefficient (Wildman–Crippen LogP) is 4.18. The van der Waals surface area contributed by atoms with Gasteiger partial charge in [0.1, 0.15) is 23.2 Å². The number of anilines is 1. The Bertz CT molecular complexity index is 1180. The summed E-state index contributed by atoms with van der Waals surface area (Å²) in [5.41, 5.74) is 1.63. The van der Waals surface area contributed by atoms with Gasteiger partial charge in [-0.2, -0.15) is 0 Å². The van der Waals surface area contributed by atoms with E-state index in [1.54, 1.807) is 31.4 Å². The van der Waals surface area contributed by atoms with E-state index in [0.29, 0.717) is 16.1 Å². The molecular weight excluding hydrogens is 364 g/mol. The number of rotatable bonds is 4. The summed E-state index contributed by atoms with van der Waals surface area (Å²) in [5, 5.41) is 5.26. The highest BCUT2D eigenvalue weighted by atomic mass is 32.1. The molecule has 1 amide bonds. The summed E-state index contributed by atoms with van der Waals surface area (Å²) >= 11 is 1.28. The lowest BCUT2D eigenvalue weighted by Gasteiger charge is -2.03. The molecule has 6 nitrogen and oxygen atoms in total. The quantitative estimate of drug-likeness (QED) is 0.576. The van der Waals surface area contributed by atoms with Gasteiger partial charge in [0.25, 0.3) is 5.91 Å². The number of fused-ring (bicyclic) bond motifs is 1. The van der Waals surface area contributed by atoms with Crippen LogP contribution in [0.1, 0.15) is 10.4 Å². The Morgan fingerprint density at radius 3 is 2.70 bits per heavy atom. The third-order valence-electron chi connectivity index (χ3n) is 4.04. The summed E-state index contributed by atoms with van der Waals surface area (Å²) in [7, 11) is 1.61. The molecule has 7 heteroatoms. The number of nitrogens with zero attached hydrogens (tertiary/aromatic N) is 1. The third kappa shape index (κ3) is 3.32. The van der Waals surface area contributed by atoms with Crippen molar-refractivity contribution in [3.05, 3.63) is 76.0 Å². The number of para-hydroxylation sites is 1.